The number of benzene rings is 1. The molecule has 1 aromatic heterocycles. The molecule has 0 unspecified atom stereocenters. The Hall–Kier alpha value is -2.62. The van der Waals surface area contributed by atoms with E-state index in [1.54, 1.807) is 0 Å². The molecule has 0 radical (unpaired) electrons. The number of rotatable bonds is 3. The number of alkyl halides is 2. The molecule has 0 spiro atoms. The zero-order valence-electron chi connectivity index (χ0n) is 12.2. The van der Waals surface area contributed by atoms with Gasteiger partial charge in [-0.2, -0.15) is 0 Å². The van der Waals surface area contributed by atoms with E-state index in [1.165, 1.54) is 0 Å². The monoisotopic (exact) mass is 382 g/mol. The van der Waals surface area contributed by atoms with Crippen molar-refractivity contribution < 1.29 is 36.2 Å². The first-order valence-corrected chi connectivity index (χ1v) is 6.72. The molecule has 11 heteroatoms. The number of nitrogen functional groups attached to an aromatic ring is 1. The molecule has 0 aliphatic rings. The quantitative estimate of drug-likeness (QED) is 0.625. The van der Waals surface area contributed by atoms with Gasteiger partial charge in [-0.25, -0.2) is 31.7 Å². The van der Waals surface area contributed by atoms with E-state index in [0.717, 1.165) is 13.2 Å². The van der Waals surface area contributed by atoms with Crippen molar-refractivity contribution in [1.29, 1.82) is 0 Å². The Balaban J connectivity index is 2.71. The summed E-state index contributed by atoms with van der Waals surface area (Å²) in [5.41, 5.74) is 1.84. The topological polar surface area (TPSA) is 74.4 Å². The van der Waals surface area contributed by atoms with Gasteiger partial charge in [0.25, 0.3) is 6.43 Å². The van der Waals surface area contributed by atoms with Crippen LogP contribution in [0.4, 0.5) is 32.4 Å². The van der Waals surface area contributed by atoms with Gasteiger partial charge in [0.05, 0.1) is 29.6 Å². The van der Waals surface area contributed by atoms with Crippen LogP contribution in [0.3, 0.4) is 0 Å². The summed E-state index contributed by atoms with van der Waals surface area (Å²) in [6.07, 6.45) is -4.81. The summed E-state index contributed by atoms with van der Waals surface area (Å²) < 4.78 is 75.9. The predicted molar refractivity (Wildman–Crippen MR) is 77.0 cm³/mol. The highest BCUT2D eigenvalue weighted by Gasteiger charge is 2.27. The fourth-order valence-corrected chi connectivity index (χ4v) is 2.02. The van der Waals surface area contributed by atoms with E-state index in [4.69, 9.17) is 17.3 Å². The minimum atomic E-state index is -3.55. The number of carbonyl (C=O) groups is 1. The Morgan fingerprint density at radius 2 is 1.88 bits per heavy atom. The molecule has 2 rings (SSSR count). The van der Waals surface area contributed by atoms with Gasteiger partial charge >= 0.3 is 6.16 Å². The first kappa shape index (κ1) is 18.7. The van der Waals surface area contributed by atoms with Gasteiger partial charge in [0, 0.05) is 6.07 Å². The number of halogens is 6. The highest BCUT2D eigenvalue weighted by atomic mass is 35.5. The molecule has 0 atom stereocenters. The lowest BCUT2D eigenvalue weighted by molar-refractivity contribution is 0.120. The lowest BCUT2D eigenvalue weighted by Gasteiger charge is -2.13. The first-order chi connectivity index (χ1) is 11.7. The third-order valence-corrected chi connectivity index (χ3v) is 3.36. The Morgan fingerprint density at radius 3 is 2.44 bits per heavy atom. The van der Waals surface area contributed by atoms with E-state index in [1.807, 2.05) is 0 Å². The number of nitrogens with zero attached hydrogens (tertiary/aromatic N) is 1. The normalized spacial score (nSPS) is 10.9. The smallest absolute Gasteiger partial charge is 0.437 e. The van der Waals surface area contributed by atoms with Crippen LogP contribution in [0.5, 0.6) is 5.88 Å². The summed E-state index contributed by atoms with van der Waals surface area (Å²) in [6, 6.07) is 0.925. The molecule has 0 aliphatic carbocycles. The maximum atomic E-state index is 14.2. The van der Waals surface area contributed by atoms with Crippen LogP contribution in [0, 0.1) is 17.5 Å². The fraction of sp³-hybridized carbons (Fsp3) is 0.143. The van der Waals surface area contributed by atoms with Gasteiger partial charge in [0.1, 0.15) is 22.5 Å². The fourth-order valence-electron chi connectivity index (χ4n) is 1.88. The molecule has 0 amide bonds. The molecular weight excluding hydrogens is 375 g/mol. The molecule has 0 bridgehead atoms. The molecule has 0 saturated heterocycles. The average Bonchev–Trinajstić information content (AvgIpc) is 2.50. The zero-order chi connectivity index (χ0) is 18.9. The largest absolute Gasteiger partial charge is 0.514 e. The molecule has 0 saturated carbocycles. The average molecular weight is 383 g/mol. The second-order valence-corrected chi connectivity index (χ2v) is 4.89. The van der Waals surface area contributed by atoms with Crippen molar-refractivity contribution in [3.8, 4) is 17.1 Å². The number of ether oxygens (including phenoxy) is 2. The minimum absolute atomic E-state index is 0.0766. The van der Waals surface area contributed by atoms with Crippen LogP contribution in [0.1, 0.15) is 12.0 Å². The summed E-state index contributed by atoms with van der Waals surface area (Å²) in [6.45, 7) is 0. The number of methoxy groups -OCH3 is 1. The predicted octanol–water partition coefficient (Wildman–Crippen LogP) is 4.48. The number of nitrogens with two attached hydrogens (primary N) is 1. The Labute approximate surface area is 142 Å². The Morgan fingerprint density at radius 1 is 1.24 bits per heavy atom. The van der Waals surface area contributed by atoms with Crippen LogP contribution in [-0.4, -0.2) is 18.2 Å². The number of aromatic nitrogens is 1. The summed E-state index contributed by atoms with van der Waals surface area (Å²) in [5.74, 6) is -5.82. The van der Waals surface area contributed by atoms with Crippen LogP contribution >= 0.6 is 11.6 Å². The lowest BCUT2D eigenvalue weighted by Crippen LogP contribution is -2.10. The van der Waals surface area contributed by atoms with Gasteiger partial charge < -0.3 is 15.2 Å². The molecule has 1 heterocycles. The maximum absolute atomic E-state index is 14.2. The van der Waals surface area contributed by atoms with Crippen molar-refractivity contribution >= 4 is 23.4 Å². The van der Waals surface area contributed by atoms with Crippen LogP contribution in [0.25, 0.3) is 11.3 Å². The van der Waals surface area contributed by atoms with E-state index < -0.39 is 52.7 Å². The number of pyridine rings is 1. The van der Waals surface area contributed by atoms with Gasteiger partial charge in [-0.05, 0) is 6.07 Å². The third-order valence-electron chi connectivity index (χ3n) is 2.98. The summed E-state index contributed by atoms with van der Waals surface area (Å²) in [7, 11) is 0.970. The van der Waals surface area contributed by atoms with E-state index in [9.17, 15) is 26.7 Å². The molecule has 1 aromatic carbocycles. The second-order valence-electron chi connectivity index (χ2n) is 4.52. The second kappa shape index (κ2) is 7.09. The van der Waals surface area contributed by atoms with Crippen LogP contribution in [0.15, 0.2) is 12.1 Å². The van der Waals surface area contributed by atoms with Crippen molar-refractivity contribution in [2.75, 3.05) is 12.8 Å². The minimum Gasteiger partial charge on any atom is -0.437 e. The molecule has 5 nitrogen and oxygen atoms in total. The van der Waals surface area contributed by atoms with Crippen molar-refractivity contribution in [3.63, 3.8) is 0 Å². The maximum Gasteiger partial charge on any atom is 0.514 e. The number of anilines is 1. The van der Waals surface area contributed by atoms with Gasteiger partial charge in [-0.15, -0.1) is 0 Å². The number of carbonyl (C=O) groups excluding carboxylic acids is 1. The van der Waals surface area contributed by atoms with E-state index in [-0.39, 0.29) is 16.8 Å². The summed E-state index contributed by atoms with van der Waals surface area (Å²) in [4.78, 5) is 14.7. The molecule has 0 aliphatic heterocycles. The molecule has 2 aromatic rings. The van der Waals surface area contributed by atoms with Crippen LogP contribution in [-0.2, 0) is 4.74 Å². The Bertz CT molecular complexity index is 848. The molecule has 134 valence electrons. The van der Waals surface area contributed by atoms with Crippen LogP contribution in [0.2, 0.25) is 5.02 Å². The zero-order valence-corrected chi connectivity index (χ0v) is 13.0. The summed E-state index contributed by atoms with van der Waals surface area (Å²) >= 11 is 5.75. The van der Waals surface area contributed by atoms with Crippen molar-refractivity contribution in [2.24, 2.45) is 0 Å². The molecule has 0 fully saturated rings. The standard InChI is InChI=1S/C14H8ClF5N2O3/c1-24-14(23)25-13-10(15)6(21)3-7(22-13)8-4(16)2-5(17)9(11(8)18)12(19)20/h2-3,12H,1H3,(H2,21,22). The van der Waals surface area contributed by atoms with Crippen LogP contribution < -0.4 is 10.5 Å². The molecule has 2 N–H and O–H groups in total. The molecule has 25 heavy (non-hydrogen) atoms. The van der Waals surface area contributed by atoms with Gasteiger partial charge in [-0.3, -0.25) is 0 Å². The van der Waals surface area contributed by atoms with E-state index >= 15 is 0 Å². The SMILES string of the molecule is COC(=O)Oc1nc(-c2c(F)cc(F)c(C(F)F)c2F)cc(N)c1Cl. The molecular formula is C14H8ClF5N2O3. The number of hydrogen-bond donors (Lipinski definition) is 1. The number of hydrogen-bond acceptors (Lipinski definition) is 5. The van der Waals surface area contributed by atoms with Crippen molar-refractivity contribution in [2.45, 2.75) is 6.43 Å². The Kier molecular flexibility index (Phi) is 5.31. The van der Waals surface area contributed by atoms with E-state index in [2.05, 4.69) is 14.5 Å². The van der Waals surface area contributed by atoms with Gasteiger partial charge in [-0.1, -0.05) is 11.6 Å². The lowest BCUT2D eigenvalue weighted by atomic mass is 10.0. The van der Waals surface area contributed by atoms with Gasteiger partial charge in [0.2, 0.25) is 5.88 Å². The highest BCUT2D eigenvalue weighted by molar-refractivity contribution is 6.34. The third kappa shape index (κ3) is 3.58. The van der Waals surface area contributed by atoms with Crippen molar-refractivity contribution in [3.05, 3.63) is 40.2 Å². The van der Waals surface area contributed by atoms with Crippen molar-refractivity contribution in [1.82, 2.24) is 4.98 Å². The summed E-state index contributed by atoms with van der Waals surface area (Å²) in [5, 5.41) is -0.383. The van der Waals surface area contributed by atoms with Gasteiger partial charge in [0.15, 0.2) is 0 Å². The highest BCUT2D eigenvalue weighted by Crippen LogP contribution is 2.38. The first-order valence-electron chi connectivity index (χ1n) is 6.35. The van der Waals surface area contributed by atoms with E-state index in [0.29, 0.717) is 0 Å².